The fourth-order valence-electron chi connectivity index (χ4n) is 3.75. The van der Waals surface area contributed by atoms with Gasteiger partial charge in [0, 0.05) is 0 Å². The van der Waals surface area contributed by atoms with Crippen LogP contribution in [0.25, 0.3) is 0 Å². The van der Waals surface area contributed by atoms with Gasteiger partial charge in [0.05, 0.1) is 6.10 Å². The summed E-state index contributed by atoms with van der Waals surface area (Å²) >= 11 is 0. The molecule has 2 fully saturated rings. The zero-order valence-electron chi connectivity index (χ0n) is 10.6. The van der Waals surface area contributed by atoms with Crippen molar-refractivity contribution < 1.29 is 5.11 Å². The number of rotatable bonds is 2. The first-order chi connectivity index (χ1) is 6.94. The summed E-state index contributed by atoms with van der Waals surface area (Å²) in [5.74, 6) is 0.939. The van der Waals surface area contributed by atoms with Crippen LogP contribution in [0.15, 0.2) is 0 Å². The summed E-state index contributed by atoms with van der Waals surface area (Å²) in [7, 11) is 0. The Hall–Kier alpha value is -0.0400. The van der Waals surface area contributed by atoms with Crippen LogP contribution in [-0.2, 0) is 0 Å². The highest BCUT2D eigenvalue weighted by Gasteiger charge is 2.47. The summed E-state index contributed by atoms with van der Waals surface area (Å²) in [6.45, 7) is 6.48. The lowest BCUT2D eigenvalue weighted by atomic mass is 9.71. The van der Waals surface area contributed by atoms with E-state index in [2.05, 4.69) is 20.8 Å². The van der Waals surface area contributed by atoms with E-state index in [0.29, 0.717) is 5.41 Å². The van der Waals surface area contributed by atoms with Crippen LogP contribution in [0, 0.1) is 16.7 Å². The molecule has 0 saturated heterocycles. The third kappa shape index (κ3) is 2.08. The number of aliphatic hydroxyl groups is 1. The SMILES string of the molecule is CC(C)(C)C(O)CC12CCCC1CCC2. The van der Waals surface area contributed by atoms with Crippen LogP contribution >= 0.6 is 0 Å². The minimum absolute atomic E-state index is 0.0600. The van der Waals surface area contributed by atoms with Gasteiger partial charge in [-0.2, -0.15) is 0 Å². The molecular weight excluding hydrogens is 184 g/mol. The van der Waals surface area contributed by atoms with Gasteiger partial charge in [0.2, 0.25) is 0 Å². The normalized spacial score (nSPS) is 38.0. The molecule has 1 nitrogen and oxygen atoms in total. The number of fused-ring (bicyclic) bond motifs is 1. The first-order valence-corrected chi connectivity index (χ1v) is 6.62. The standard InChI is InChI=1S/C14H26O/c1-13(2,3)12(15)10-14-8-4-6-11(14)7-5-9-14/h11-12,15H,4-10H2,1-3H3. The highest BCUT2D eigenvalue weighted by atomic mass is 16.3. The van der Waals surface area contributed by atoms with Gasteiger partial charge in [-0.1, -0.05) is 33.6 Å². The molecule has 1 atom stereocenters. The van der Waals surface area contributed by atoms with E-state index in [-0.39, 0.29) is 11.5 Å². The molecule has 2 rings (SSSR count). The van der Waals surface area contributed by atoms with E-state index in [4.69, 9.17) is 0 Å². The van der Waals surface area contributed by atoms with E-state index in [1.807, 2.05) is 0 Å². The first kappa shape index (κ1) is 11.4. The Morgan fingerprint density at radius 2 is 1.73 bits per heavy atom. The molecule has 2 aliphatic carbocycles. The summed E-state index contributed by atoms with van der Waals surface area (Å²) in [5.41, 5.74) is 0.594. The van der Waals surface area contributed by atoms with E-state index in [9.17, 15) is 5.11 Å². The molecule has 2 aliphatic rings. The lowest BCUT2D eigenvalue weighted by molar-refractivity contribution is 0.00889. The Morgan fingerprint density at radius 3 is 2.20 bits per heavy atom. The molecule has 0 aliphatic heterocycles. The summed E-state index contributed by atoms with van der Waals surface area (Å²) < 4.78 is 0. The predicted molar refractivity (Wildman–Crippen MR) is 63.7 cm³/mol. The van der Waals surface area contributed by atoms with Crippen molar-refractivity contribution in [1.82, 2.24) is 0 Å². The van der Waals surface area contributed by atoms with Gasteiger partial charge < -0.3 is 5.11 Å². The average Bonchev–Trinajstić information content (AvgIpc) is 2.60. The van der Waals surface area contributed by atoms with Crippen molar-refractivity contribution in [2.24, 2.45) is 16.7 Å². The van der Waals surface area contributed by atoms with Crippen molar-refractivity contribution in [3.63, 3.8) is 0 Å². The van der Waals surface area contributed by atoms with E-state index in [0.717, 1.165) is 12.3 Å². The van der Waals surface area contributed by atoms with Gasteiger partial charge in [-0.3, -0.25) is 0 Å². The van der Waals surface area contributed by atoms with Crippen molar-refractivity contribution in [3.05, 3.63) is 0 Å². The zero-order valence-corrected chi connectivity index (χ0v) is 10.6. The Morgan fingerprint density at radius 1 is 1.20 bits per heavy atom. The Kier molecular flexibility index (Phi) is 2.87. The molecule has 2 saturated carbocycles. The van der Waals surface area contributed by atoms with E-state index in [1.165, 1.54) is 38.5 Å². The van der Waals surface area contributed by atoms with Crippen molar-refractivity contribution in [3.8, 4) is 0 Å². The van der Waals surface area contributed by atoms with Crippen LogP contribution in [0.4, 0.5) is 0 Å². The van der Waals surface area contributed by atoms with E-state index in [1.54, 1.807) is 0 Å². The van der Waals surface area contributed by atoms with Gasteiger partial charge in [0.1, 0.15) is 0 Å². The predicted octanol–water partition coefficient (Wildman–Crippen LogP) is 3.75. The maximum Gasteiger partial charge on any atom is 0.0593 e. The van der Waals surface area contributed by atoms with Gasteiger partial charge >= 0.3 is 0 Å². The van der Waals surface area contributed by atoms with Crippen LogP contribution in [0.3, 0.4) is 0 Å². The van der Waals surface area contributed by atoms with Crippen molar-refractivity contribution in [1.29, 1.82) is 0 Å². The highest BCUT2D eigenvalue weighted by Crippen LogP contribution is 2.57. The monoisotopic (exact) mass is 210 g/mol. The second-order valence-corrected chi connectivity index (χ2v) is 6.93. The molecule has 0 spiro atoms. The van der Waals surface area contributed by atoms with Crippen LogP contribution in [-0.4, -0.2) is 11.2 Å². The molecule has 1 heteroatoms. The van der Waals surface area contributed by atoms with E-state index >= 15 is 0 Å². The number of aliphatic hydroxyl groups excluding tert-OH is 1. The molecule has 88 valence electrons. The fraction of sp³-hybridized carbons (Fsp3) is 1.00. The van der Waals surface area contributed by atoms with Crippen molar-refractivity contribution >= 4 is 0 Å². The first-order valence-electron chi connectivity index (χ1n) is 6.62. The molecule has 0 aromatic carbocycles. The largest absolute Gasteiger partial charge is 0.393 e. The van der Waals surface area contributed by atoms with Gasteiger partial charge in [-0.25, -0.2) is 0 Å². The topological polar surface area (TPSA) is 20.2 Å². The van der Waals surface area contributed by atoms with E-state index < -0.39 is 0 Å². The minimum Gasteiger partial charge on any atom is -0.393 e. The molecule has 0 bridgehead atoms. The molecule has 0 radical (unpaired) electrons. The smallest absolute Gasteiger partial charge is 0.0593 e. The molecule has 0 heterocycles. The second kappa shape index (κ2) is 3.76. The number of hydrogen-bond acceptors (Lipinski definition) is 1. The molecule has 0 aromatic heterocycles. The van der Waals surface area contributed by atoms with Gasteiger partial charge in [0.25, 0.3) is 0 Å². The van der Waals surface area contributed by atoms with Crippen LogP contribution in [0.5, 0.6) is 0 Å². The van der Waals surface area contributed by atoms with Gasteiger partial charge in [-0.05, 0) is 48.9 Å². The Labute approximate surface area is 94.3 Å². The van der Waals surface area contributed by atoms with Crippen molar-refractivity contribution in [2.75, 3.05) is 0 Å². The molecule has 15 heavy (non-hydrogen) atoms. The minimum atomic E-state index is -0.115. The summed E-state index contributed by atoms with van der Waals surface area (Å²) in [6, 6.07) is 0. The molecule has 1 N–H and O–H groups in total. The van der Waals surface area contributed by atoms with Crippen molar-refractivity contribution in [2.45, 2.75) is 71.8 Å². The van der Waals surface area contributed by atoms with Crippen LogP contribution in [0.2, 0.25) is 0 Å². The average molecular weight is 210 g/mol. The Bertz CT molecular complexity index is 216. The maximum absolute atomic E-state index is 10.3. The summed E-state index contributed by atoms with van der Waals surface area (Å²) in [6.07, 6.45) is 9.37. The third-order valence-electron chi connectivity index (χ3n) is 4.92. The maximum atomic E-state index is 10.3. The summed E-state index contributed by atoms with van der Waals surface area (Å²) in [4.78, 5) is 0. The second-order valence-electron chi connectivity index (χ2n) is 6.93. The highest BCUT2D eigenvalue weighted by molar-refractivity contribution is 4.98. The molecular formula is C14H26O. The molecule has 0 amide bonds. The Balaban J connectivity index is 2.04. The molecule has 1 unspecified atom stereocenters. The van der Waals surface area contributed by atoms with Gasteiger partial charge in [-0.15, -0.1) is 0 Å². The van der Waals surface area contributed by atoms with Crippen LogP contribution < -0.4 is 0 Å². The zero-order chi connectivity index (χ0) is 11.1. The molecule has 0 aromatic rings. The van der Waals surface area contributed by atoms with Crippen LogP contribution in [0.1, 0.15) is 65.7 Å². The van der Waals surface area contributed by atoms with Gasteiger partial charge in [0.15, 0.2) is 0 Å². The quantitative estimate of drug-likeness (QED) is 0.736. The lowest BCUT2D eigenvalue weighted by Gasteiger charge is -2.36. The summed E-state index contributed by atoms with van der Waals surface area (Å²) in [5, 5.41) is 10.3. The lowest BCUT2D eigenvalue weighted by Crippen LogP contribution is -2.34. The fourth-order valence-corrected chi connectivity index (χ4v) is 3.75. The number of hydrogen-bond donors (Lipinski definition) is 1. The third-order valence-corrected chi connectivity index (χ3v) is 4.92.